The predicted molar refractivity (Wildman–Crippen MR) is 75.4 cm³/mol. The molecule has 0 aliphatic rings. The second kappa shape index (κ2) is 5.59. The number of benzene rings is 1. The Morgan fingerprint density at radius 2 is 1.61 bits per heavy atom. The molecule has 0 atom stereocenters. The molecule has 0 aliphatic carbocycles. The van der Waals surface area contributed by atoms with Gasteiger partial charge in [-0.15, -0.1) is 0 Å². The first-order valence-corrected chi connectivity index (χ1v) is 6.62. The van der Waals surface area contributed by atoms with Gasteiger partial charge in [0.05, 0.1) is 0 Å². The van der Waals surface area contributed by atoms with Crippen LogP contribution in [0.15, 0.2) is 28.7 Å². The Kier molecular flexibility index (Phi) is 4.09. The summed E-state index contributed by atoms with van der Waals surface area (Å²) in [5.74, 6) is 0.735. The summed E-state index contributed by atoms with van der Waals surface area (Å²) in [6.07, 6.45) is 0.609. The fourth-order valence-electron chi connectivity index (χ4n) is 1.94. The minimum absolute atomic E-state index is 0.128. The number of halogens is 1. The van der Waals surface area contributed by atoms with E-state index in [0.29, 0.717) is 6.42 Å². The minimum Gasteiger partial charge on any atom is -0.396 e. The van der Waals surface area contributed by atoms with Crippen molar-refractivity contribution in [3.8, 4) is 11.4 Å². The largest absolute Gasteiger partial charge is 0.396 e. The van der Waals surface area contributed by atoms with E-state index in [0.717, 1.165) is 32.8 Å². The topological polar surface area (TPSA) is 46.0 Å². The molecule has 1 heterocycles. The molecule has 2 rings (SSSR count). The van der Waals surface area contributed by atoms with Crippen LogP contribution in [0.25, 0.3) is 11.4 Å². The van der Waals surface area contributed by atoms with E-state index >= 15 is 0 Å². The monoisotopic (exact) mass is 306 g/mol. The quantitative estimate of drug-likeness (QED) is 0.948. The third kappa shape index (κ3) is 2.76. The Labute approximate surface area is 115 Å². The normalized spacial score (nSPS) is 10.7. The summed E-state index contributed by atoms with van der Waals surface area (Å²) >= 11 is 3.41. The molecule has 3 nitrogen and oxygen atoms in total. The lowest BCUT2D eigenvalue weighted by molar-refractivity contribution is 0.299. The number of nitrogens with zero attached hydrogens (tertiary/aromatic N) is 2. The average molecular weight is 307 g/mol. The number of hydrogen-bond acceptors (Lipinski definition) is 3. The number of aliphatic hydroxyl groups excluding tert-OH is 1. The average Bonchev–Trinajstić information content (AvgIpc) is 2.34. The molecule has 0 saturated heterocycles. The van der Waals surface area contributed by atoms with E-state index in [-0.39, 0.29) is 6.61 Å². The van der Waals surface area contributed by atoms with Crippen molar-refractivity contribution in [1.82, 2.24) is 9.97 Å². The first-order chi connectivity index (χ1) is 8.61. The van der Waals surface area contributed by atoms with Gasteiger partial charge in [0.1, 0.15) is 0 Å². The molecule has 0 aliphatic heterocycles. The van der Waals surface area contributed by atoms with Gasteiger partial charge < -0.3 is 5.11 Å². The van der Waals surface area contributed by atoms with Crippen LogP contribution in [0.4, 0.5) is 0 Å². The summed E-state index contributed by atoms with van der Waals surface area (Å²) in [6.45, 7) is 4.05. The summed E-state index contributed by atoms with van der Waals surface area (Å²) in [5, 5.41) is 9.02. The van der Waals surface area contributed by atoms with Crippen molar-refractivity contribution in [2.24, 2.45) is 0 Å². The maximum atomic E-state index is 9.02. The standard InChI is InChI=1S/C14H15BrN2O/c1-9-13(7-8-18)10(2)17-14(16-9)11-3-5-12(15)6-4-11/h3-6,18H,7-8H2,1-2H3. The van der Waals surface area contributed by atoms with Gasteiger partial charge in [0.2, 0.25) is 0 Å². The molecule has 1 aromatic carbocycles. The van der Waals surface area contributed by atoms with Gasteiger partial charge in [-0.05, 0) is 38.0 Å². The van der Waals surface area contributed by atoms with Gasteiger partial charge in [0.25, 0.3) is 0 Å². The third-order valence-corrected chi connectivity index (χ3v) is 3.41. The van der Waals surface area contributed by atoms with Crippen molar-refractivity contribution in [1.29, 1.82) is 0 Å². The van der Waals surface area contributed by atoms with Crippen LogP contribution < -0.4 is 0 Å². The molecule has 94 valence electrons. The Hall–Kier alpha value is -1.26. The van der Waals surface area contributed by atoms with E-state index in [2.05, 4.69) is 25.9 Å². The van der Waals surface area contributed by atoms with E-state index in [1.54, 1.807) is 0 Å². The summed E-state index contributed by atoms with van der Waals surface area (Å²) in [6, 6.07) is 7.93. The van der Waals surface area contributed by atoms with Crippen molar-refractivity contribution >= 4 is 15.9 Å². The molecular formula is C14H15BrN2O. The van der Waals surface area contributed by atoms with Gasteiger partial charge >= 0.3 is 0 Å². The predicted octanol–water partition coefficient (Wildman–Crippen LogP) is 3.06. The molecule has 1 aromatic heterocycles. The van der Waals surface area contributed by atoms with Crippen LogP contribution in [-0.4, -0.2) is 21.7 Å². The highest BCUT2D eigenvalue weighted by Crippen LogP contribution is 2.21. The Morgan fingerprint density at radius 3 is 2.11 bits per heavy atom. The molecule has 18 heavy (non-hydrogen) atoms. The summed E-state index contributed by atoms with van der Waals surface area (Å²) in [5.41, 5.74) is 3.92. The zero-order valence-corrected chi connectivity index (χ0v) is 12.0. The van der Waals surface area contributed by atoms with E-state index in [4.69, 9.17) is 5.11 Å². The molecule has 4 heteroatoms. The zero-order chi connectivity index (χ0) is 13.1. The molecule has 0 spiro atoms. The van der Waals surface area contributed by atoms with Crippen molar-refractivity contribution in [2.75, 3.05) is 6.61 Å². The Balaban J connectivity index is 2.44. The number of hydrogen-bond donors (Lipinski definition) is 1. The number of rotatable bonds is 3. The number of aromatic nitrogens is 2. The van der Waals surface area contributed by atoms with Gasteiger partial charge in [-0.2, -0.15) is 0 Å². The van der Waals surface area contributed by atoms with Crippen LogP contribution in [-0.2, 0) is 6.42 Å². The van der Waals surface area contributed by atoms with Crippen LogP contribution >= 0.6 is 15.9 Å². The third-order valence-electron chi connectivity index (χ3n) is 2.88. The van der Waals surface area contributed by atoms with Crippen LogP contribution in [0.3, 0.4) is 0 Å². The molecule has 0 amide bonds. The van der Waals surface area contributed by atoms with Crippen molar-refractivity contribution < 1.29 is 5.11 Å². The highest BCUT2D eigenvalue weighted by Gasteiger charge is 2.09. The van der Waals surface area contributed by atoms with Crippen molar-refractivity contribution in [3.63, 3.8) is 0 Å². The van der Waals surface area contributed by atoms with Crippen molar-refractivity contribution in [2.45, 2.75) is 20.3 Å². The minimum atomic E-state index is 0.128. The van der Waals surface area contributed by atoms with Gasteiger partial charge in [-0.3, -0.25) is 0 Å². The highest BCUT2D eigenvalue weighted by atomic mass is 79.9. The Bertz CT molecular complexity index is 529. The van der Waals surface area contributed by atoms with Crippen LogP contribution in [0.1, 0.15) is 17.0 Å². The molecule has 2 aromatic rings. The molecule has 1 N–H and O–H groups in total. The molecule has 0 saturated carbocycles. The second-order valence-electron chi connectivity index (χ2n) is 4.18. The van der Waals surface area contributed by atoms with Gasteiger partial charge in [-0.25, -0.2) is 9.97 Å². The Morgan fingerprint density at radius 1 is 1.06 bits per heavy atom. The van der Waals surface area contributed by atoms with E-state index in [9.17, 15) is 0 Å². The van der Waals surface area contributed by atoms with Gasteiger partial charge in [-0.1, -0.05) is 28.1 Å². The van der Waals surface area contributed by atoms with Crippen LogP contribution in [0.2, 0.25) is 0 Å². The van der Waals surface area contributed by atoms with Crippen LogP contribution in [0, 0.1) is 13.8 Å². The smallest absolute Gasteiger partial charge is 0.159 e. The van der Waals surface area contributed by atoms with E-state index < -0.39 is 0 Å². The molecular weight excluding hydrogens is 292 g/mol. The highest BCUT2D eigenvalue weighted by molar-refractivity contribution is 9.10. The fraction of sp³-hybridized carbons (Fsp3) is 0.286. The number of aliphatic hydroxyl groups is 1. The second-order valence-corrected chi connectivity index (χ2v) is 5.09. The maximum Gasteiger partial charge on any atom is 0.159 e. The lowest BCUT2D eigenvalue weighted by atomic mass is 10.1. The van der Waals surface area contributed by atoms with Crippen LogP contribution in [0.5, 0.6) is 0 Å². The zero-order valence-electron chi connectivity index (χ0n) is 10.4. The lowest BCUT2D eigenvalue weighted by Gasteiger charge is -2.09. The van der Waals surface area contributed by atoms with Crippen molar-refractivity contribution in [3.05, 3.63) is 45.7 Å². The fourth-order valence-corrected chi connectivity index (χ4v) is 2.21. The molecule has 0 unspecified atom stereocenters. The lowest BCUT2D eigenvalue weighted by Crippen LogP contribution is -2.04. The summed E-state index contributed by atoms with van der Waals surface area (Å²) < 4.78 is 1.04. The summed E-state index contributed by atoms with van der Waals surface area (Å²) in [7, 11) is 0. The van der Waals surface area contributed by atoms with E-state index in [1.807, 2.05) is 38.1 Å². The van der Waals surface area contributed by atoms with Gasteiger partial charge in [0, 0.05) is 28.0 Å². The molecule has 0 radical (unpaired) electrons. The van der Waals surface area contributed by atoms with Gasteiger partial charge in [0.15, 0.2) is 5.82 Å². The maximum absolute atomic E-state index is 9.02. The molecule has 0 fully saturated rings. The van der Waals surface area contributed by atoms with E-state index in [1.165, 1.54) is 0 Å². The number of aryl methyl sites for hydroxylation is 2. The first kappa shape index (κ1) is 13.2. The SMILES string of the molecule is Cc1nc(-c2ccc(Br)cc2)nc(C)c1CCO. The first-order valence-electron chi connectivity index (χ1n) is 5.82. The molecule has 0 bridgehead atoms. The summed E-state index contributed by atoms with van der Waals surface area (Å²) in [4.78, 5) is 9.03.